The molecule has 1 rings (SSSR count). The molecule has 1 fully saturated rings. The Bertz CT molecular complexity index is 22.5. The van der Waals surface area contributed by atoms with E-state index in [-0.39, 0.29) is 0 Å². The van der Waals surface area contributed by atoms with Gasteiger partial charge in [-0.3, -0.25) is 0 Å². The number of rotatable bonds is 0. The molecule has 0 radical (unpaired) electrons. The van der Waals surface area contributed by atoms with E-state index in [1.807, 2.05) is 0 Å². The van der Waals surface area contributed by atoms with E-state index >= 15 is 0 Å². The number of hydrogen-bond donors (Lipinski definition) is 0. The molecule has 0 aromatic heterocycles. The second-order valence-electron chi connectivity index (χ2n) is 1.34. The summed E-state index contributed by atoms with van der Waals surface area (Å²) in [5.74, 6) is 0. The monoisotopic (exact) mass is 252 g/mol. The third kappa shape index (κ3) is 0.678. The van der Waals surface area contributed by atoms with Gasteiger partial charge in [0.1, 0.15) is 0 Å². The average molecular weight is 252 g/mol. The van der Waals surface area contributed by atoms with Gasteiger partial charge in [-0.15, -0.1) is 0 Å². The molecule has 0 nitrogen and oxygen atoms in total. The summed E-state index contributed by atoms with van der Waals surface area (Å²) in [6.07, 6.45) is 3.12. The second kappa shape index (κ2) is 0.933. The molecule has 1 aliphatic carbocycles. The Morgan fingerprint density at radius 1 is 1.50 bits per heavy atom. The third-order valence-corrected chi connectivity index (χ3v) is 3.21. The van der Waals surface area contributed by atoms with Crippen molar-refractivity contribution in [2.75, 3.05) is 0 Å². The number of hydrogen-bond acceptors (Lipinski definition) is 0. The van der Waals surface area contributed by atoms with Crippen molar-refractivity contribution in [1.29, 1.82) is 0 Å². The van der Waals surface area contributed by atoms with Gasteiger partial charge in [-0.2, -0.15) is 0 Å². The van der Waals surface area contributed by atoms with Crippen LogP contribution in [0.15, 0.2) is 0 Å². The molecule has 0 atom stereocenters. The summed E-state index contributed by atoms with van der Waals surface area (Å²) in [4.78, 5) is 0. The van der Waals surface area contributed by atoms with Crippen molar-refractivity contribution in [1.82, 2.24) is 0 Å². The topological polar surface area (TPSA) is 0 Å². The maximum atomic E-state index is 1.56. The molecule has 1 saturated carbocycles. The van der Waals surface area contributed by atoms with Crippen LogP contribution in [0.4, 0.5) is 0 Å². The zero-order valence-electron chi connectivity index (χ0n) is 2.57. The fourth-order valence-electron chi connectivity index (χ4n) is 0.0962. The molecule has 0 amide bonds. The molecular formula is C3H7Bi. The molecule has 4 heavy (non-hydrogen) atoms. The van der Waals surface area contributed by atoms with E-state index in [2.05, 4.69) is 0 Å². The van der Waals surface area contributed by atoms with E-state index < -0.39 is 0 Å². The van der Waals surface area contributed by atoms with Crippen LogP contribution in [0.3, 0.4) is 0 Å². The van der Waals surface area contributed by atoms with Crippen molar-refractivity contribution in [3.05, 3.63) is 0 Å². The predicted molar refractivity (Wildman–Crippen MR) is 21.5 cm³/mol. The van der Waals surface area contributed by atoms with Gasteiger partial charge in [0.15, 0.2) is 0 Å². The molecule has 0 saturated heterocycles. The normalized spacial score (nSPS) is 26.2. The van der Waals surface area contributed by atoms with E-state index in [1.165, 1.54) is 28.3 Å². The first kappa shape index (κ1) is 3.09. The van der Waals surface area contributed by atoms with Gasteiger partial charge < -0.3 is 0 Å². The van der Waals surface area contributed by atoms with Crippen molar-refractivity contribution in [2.45, 2.75) is 16.5 Å². The summed E-state index contributed by atoms with van der Waals surface area (Å²) in [6, 6.07) is 0. The van der Waals surface area contributed by atoms with Crippen LogP contribution < -0.4 is 0 Å². The quantitative estimate of drug-likeness (QED) is 0.540. The van der Waals surface area contributed by atoms with Crippen molar-refractivity contribution < 1.29 is 0 Å². The zero-order chi connectivity index (χ0) is 2.99. The van der Waals surface area contributed by atoms with E-state index in [1.54, 1.807) is 12.8 Å². The third-order valence-electron chi connectivity index (χ3n) is 0.622. The van der Waals surface area contributed by atoms with Crippen LogP contribution in [0.1, 0.15) is 12.8 Å². The molecule has 0 unspecified atom stereocenters. The first-order chi connectivity index (χ1) is 1.89. The molecule has 0 N–H and O–H groups in total. The van der Waals surface area contributed by atoms with Gasteiger partial charge in [0, 0.05) is 0 Å². The first-order valence-corrected chi connectivity index (χ1v) is 4.24. The molecular weight excluding hydrogens is 245 g/mol. The maximum absolute atomic E-state index is 1.56. The Morgan fingerprint density at radius 2 is 1.75 bits per heavy atom. The summed E-state index contributed by atoms with van der Waals surface area (Å²) < 4.78 is 1.25. The van der Waals surface area contributed by atoms with Crippen molar-refractivity contribution >= 4 is 24.7 Å². The van der Waals surface area contributed by atoms with Crippen LogP contribution in [0.25, 0.3) is 0 Å². The average Bonchev–Trinajstić information content (AvgIpc) is 1.75. The summed E-state index contributed by atoms with van der Waals surface area (Å²) in [5, 5.41) is 0. The van der Waals surface area contributed by atoms with Crippen LogP contribution >= 0.6 is 0 Å². The molecule has 24 valence electrons. The van der Waals surface area contributed by atoms with Crippen LogP contribution in [-0.4, -0.2) is 24.7 Å². The van der Waals surface area contributed by atoms with E-state index in [0.29, 0.717) is 0 Å². The Kier molecular flexibility index (Phi) is 0.720. The van der Waals surface area contributed by atoms with Gasteiger partial charge in [-0.25, -0.2) is 0 Å². The predicted octanol–water partition coefficient (Wildman–Crippen LogP) is 0.202. The molecule has 1 heteroatoms. The first-order valence-electron chi connectivity index (χ1n) is 1.65. The van der Waals surface area contributed by atoms with Crippen LogP contribution in [0, 0.1) is 0 Å². The Morgan fingerprint density at radius 3 is 1.75 bits per heavy atom. The molecule has 0 heterocycles. The Hall–Kier alpha value is 0.883. The van der Waals surface area contributed by atoms with Gasteiger partial charge in [-0.05, 0) is 0 Å². The summed E-state index contributed by atoms with van der Waals surface area (Å²) in [5.41, 5.74) is 0. The van der Waals surface area contributed by atoms with Crippen LogP contribution in [0.5, 0.6) is 0 Å². The zero-order valence-corrected chi connectivity index (χ0v) is 7.06. The summed E-state index contributed by atoms with van der Waals surface area (Å²) >= 11 is 1.30. The fraction of sp³-hybridized carbons (Fsp3) is 1.00. The molecule has 0 aromatic carbocycles. The van der Waals surface area contributed by atoms with Crippen molar-refractivity contribution in [3.8, 4) is 0 Å². The fourth-order valence-corrected chi connectivity index (χ4v) is 0.844. The standard InChI is InChI=1S/C3H5.Bi.2H/c1-2-3-1;;;/h1H,2-3H2;;;. The summed E-state index contributed by atoms with van der Waals surface area (Å²) in [7, 11) is 0. The molecule has 0 bridgehead atoms. The molecule has 0 aliphatic heterocycles. The minimum atomic E-state index is 1.25. The van der Waals surface area contributed by atoms with Gasteiger partial charge >= 0.3 is 41.2 Å². The second-order valence-corrected chi connectivity index (χ2v) is 5.00. The van der Waals surface area contributed by atoms with Gasteiger partial charge in [0.05, 0.1) is 0 Å². The Balaban J connectivity index is 2.17. The van der Waals surface area contributed by atoms with Crippen molar-refractivity contribution in [2.24, 2.45) is 0 Å². The van der Waals surface area contributed by atoms with E-state index in [0.717, 1.165) is 0 Å². The van der Waals surface area contributed by atoms with Crippen LogP contribution in [-0.2, 0) is 0 Å². The molecule has 0 spiro atoms. The Labute approximate surface area is 41.4 Å². The van der Waals surface area contributed by atoms with Gasteiger partial charge in [-0.1, -0.05) is 0 Å². The molecule has 1 aliphatic rings. The summed E-state index contributed by atoms with van der Waals surface area (Å²) in [6.45, 7) is 0. The minimum absolute atomic E-state index is 1.25. The van der Waals surface area contributed by atoms with Crippen LogP contribution in [0.2, 0.25) is 3.63 Å². The van der Waals surface area contributed by atoms with Crippen molar-refractivity contribution in [3.63, 3.8) is 0 Å². The molecule has 0 aromatic rings. The SMILES string of the molecule is [BiH2][CH]1CC1. The van der Waals surface area contributed by atoms with Gasteiger partial charge in [0.2, 0.25) is 0 Å². The van der Waals surface area contributed by atoms with E-state index in [4.69, 9.17) is 0 Å². The van der Waals surface area contributed by atoms with E-state index in [9.17, 15) is 0 Å². The van der Waals surface area contributed by atoms with Gasteiger partial charge in [0.25, 0.3) is 0 Å².